The lowest BCUT2D eigenvalue weighted by atomic mass is 10.1. The highest BCUT2D eigenvalue weighted by Crippen LogP contribution is 2.23. The number of hydrogen-bond acceptors (Lipinski definition) is 7. The van der Waals surface area contributed by atoms with Crippen molar-refractivity contribution in [2.24, 2.45) is 0 Å². The number of rotatable bonds is 8. The zero-order valence-electron chi connectivity index (χ0n) is 14.0. The molecular weight excluding hydrogens is 422 g/mol. The Balaban J connectivity index is 2.06. The Bertz CT molecular complexity index is 858. The molecule has 0 fully saturated rings. The number of nitrogens with zero attached hydrogens (tertiary/aromatic N) is 1. The standard InChI is InChI=1S/C17H16BrN3O6/c18-11-2-1-3-12(8-11)20-16(23)10-27-17(24)14-9-13(21(25)26)4-5-15(14)19-6-7-22/h1-5,8-9,19,22H,6-7,10H2,(H,20,23). The predicted molar refractivity (Wildman–Crippen MR) is 102 cm³/mol. The maximum atomic E-state index is 12.3. The molecule has 10 heteroatoms. The van der Waals surface area contributed by atoms with E-state index in [0.717, 1.165) is 10.5 Å². The molecular formula is C17H16BrN3O6. The number of ether oxygens (including phenoxy) is 1. The van der Waals surface area contributed by atoms with Crippen molar-refractivity contribution in [3.63, 3.8) is 0 Å². The number of nitrogens with one attached hydrogen (secondary N) is 2. The minimum Gasteiger partial charge on any atom is -0.452 e. The number of non-ortho nitro benzene ring substituents is 1. The summed E-state index contributed by atoms with van der Waals surface area (Å²) in [5.41, 5.74) is 0.376. The summed E-state index contributed by atoms with van der Waals surface area (Å²) in [6.07, 6.45) is 0. The first-order valence-electron chi connectivity index (χ1n) is 7.76. The zero-order valence-corrected chi connectivity index (χ0v) is 15.6. The largest absolute Gasteiger partial charge is 0.452 e. The fourth-order valence-corrected chi connectivity index (χ4v) is 2.53. The van der Waals surface area contributed by atoms with Gasteiger partial charge >= 0.3 is 5.97 Å². The van der Waals surface area contributed by atoms with Crippen molar-refractivity contribution in [3.8, 4) is 0 Å². The number of amides is 1. The second-order valence-corrected chi connectivity index (χ2v) is 6.19. The molecule has 0 bridgehead atoms. The van der Waals surface area contributed by atoms with E-state index in [9.17, 15) is 19.7 Å². The van der Waals surface area contributed by atoms with E-state index in [2.05, 4.69) is 26.6 Å². The molecule has 2 aromatic rings. The van der Waals surface area contributed by atoms with Crippen LogP contribution in [0.3, 0.4) is 0 Å². The van der Waals surface area contributed by atoms with Crippen LogP contribution < -0.4 is 10.6 Å². The molecule has 1 amide bonds. The number of nitro groups is 1. The number of halogens is 1. The smallest absolute Gasteiger partial charge is 0.341 e. The molecule has 9 nitrogen and oxygen atoms in total. The third-order valence-electron chi connectivity index (χ3n) is 3.30. The Kier molecular flexibility index (Phi) is 7.26. The van der Waals surface area contributed by atoms with Crippen molar-refractivity contribution in [2.45, 2.75) is 0 Å². The highest BCUT2D eigenvalue weighted by Gasteiger charge is 2.19. The van der Waals surface area contributed by atoms with Gasteiger partial charge in [0.05, 0.1) is 17.1 Å². The highest BCUT2D eigenvalue weighted by molar-refractivity contribution is 9.10. The average Bonchev–Trinajstić information content (AvgIpc) is 2.64. The summed E-state index contributed by atoms with van der Waals surface area (Å²) in [5.74, 6) is -1.46. The van der Waals surface area contributed by atoms with Gasteiger partial charge in [-0.05, 0) is 24.3 Å². The van der Waals surface area contributed by atoms with Crippen molar-refractivity contribution in [3.05, 3.63) is 62.6 Å². The fraction of sp³-hybridized carbons (Fsp3) is 0.176. The molecule has 0 saturated heterocycles. The van der Waals surface area contributed by atoms with Crippen molar-refractivity contribution in [2.75, 3.05) is 30.4 Å². The number of anilines is 2. The molecule has 0 aliphatic rings. The second kappa shape index (κ2) is 9.64. The maximum Gasteiger partial charge on any atom is 0.341 e. The molecule has 3 N–H and O–H groups in total. The molecule has 0 spiro atoms. The number of aliphatic hydroxyl groups excluding tert-OH is 1. The monoisotopic (exact) mass is 437 g/mol. The molecule has 0 aliphatic heterocycles. The number of benzene rings is 2. The molecule has 0 saturated carbocycles. The SMILES string of the molecule is O=C(COC(=O)c1cc([N+](=O)[O-])ccc1NCCO)Nc1cccc(Br)c1. The van der Waals surface area contributed by atoms with Crippen LogP contribution in [0.2, 0.25) is 0 Å². The van der Waals surface area contributed by atoms with Gasteiger partial charge in [0.25, 0.3) is 11.6 Å². The second-order valence-electron chi connectivity index (χ2n) is 5.27. The van der Waals surface area contributed by atoms with Crippen molar-refractivity contribution < 1.29 is 24.4 Å². The van der Waals surface area contributed by atoms with Crippen molar-refractivity contribution in [1.82, 2.24) is 0 Å². The summed E-state index contributed by atoms with van der Waals surface area (Å²) in [6.45, 7) is -0.616. The lowest BCUT2D eigenvalue weighted by Crippen LogP contribution is -2.21. The van der Waals surface area contributed by atoms with Crippen LogP contribution in [0.25, 0.3) is 0 Å². The van der Waals surface area contributed by atoms with Crippen molar-refractivity contribution >= 4 is 44.9 Å². The number of nitro benzene ring substituents is 1. The number of carbonyl (C=O) groups is 2. The Morgan fingerprint density at radius 1 is 1.22 bits per heavy atom. The molecule has 0 heterocycles. The molecule has 2 rings (SSSR count). The van der Waals surface area contributed by atoms with Crippen molar-refractivity contribution in [1.29, 1.82) is 0 Å². The Hall–Kier alpha value is -2.98. The number of aliphatic hydroxyl groups is 1. The Morgan fingerprint density at radius 2 is 2.00 bits per heavy atom. The predicted octanol–water partition coefficient (Wildman–Crippen LogP) is 2.56. The number of carbonyl (C=O) groups excluding carboxylic acids is 2. The van der Waals surface area contributed by atoms with E-state index >= 15 is 0 Å². The number of hydrogen-bond donors (Lipinski definition) is 3. The van der Waals surface area contributed by atoms with Gasteiger partial charge < -0.3 is 20.5 Å². The third kappa shape index (κ3) is 6.04. The molecule has 0 atom stereocenters. The van der Waals surface area contributed by atoms with Crippen LogP contribution in [0.4, 0.5) is 17.1 Å². The van der Waals surface area contributed by atoms with E-state index in [1.807, 2.05) is 0 Å². The molecule has 0 unspecified atom stereocenters. The van der Waals surface area contributed by atoms with E-state index in [0.29, 0.717) is 5.69 Å². The van der Waals surface area contributed by atoms with E-state index in [-0.39, 0.29) is 30.1 Å². The van der Waals surface area contributed by atoms with Gasteiger partial charge in [-0.25, -0.2) is 4.79 Å². The van der Waals surface area contributed by atoms with Gasteiger partial charge in [-0.1, -0.05) is 22.0 Å². The Labute approximate surface area is 162 Å². The third-order valence-corrected chi connectivity index (χ3v) is 3.80. The van der Waals surface area contributed by atoms with Crippen LogP contribution in [-0.4, -0.2) is 41.7 Å². The lowest BCUT2D eigenvalue weighted by molar-refractivity contribution is -0.384. The summed E-state index contributed by atoms with van der Waals surface area (Å²) in [6, 6.07) is 10.5. The van der Waals surface area contributed by atoms with E-state index in [4.69, 9.17) is 9.84 Å². The maximum absolute atomic E-state index is 12.3. The Morgan fingerprint density at radius 3 is 2.67 bits per heavy atom. The minimum absolute atomic E-state index is 0.104. The van der Waals surface area contributed by atoms with Gasteiger partial charge in [-0.2, -0.15) is 0 Å². The summed E-state index contributed by atoms with van der Waals surface area (Å²) < 4.78 is 5.73. The molecule has 0 radical (unpaired) electrons. The highest BCUT2D eigenvalue weighted by atomic mass is 79.9. The fourth-order valence-electron chi connectivity index (χ4n) is 2.13. The normalized spacial score (nSPS) is 10.1. The summed E-state index contributed by atoms with van der Waals surface area (Å²) in [5, 5.41) is 25.1. The van der Waals surface area contributed by atoms with Gasteiger partial charge in [0.2, 0.25) is 0 Å². The van der Waals surface area contributed by atoms with Gasteiger partial charge in [0, 0.05) is 34.5 Å². The van der Waals surface area contributed by atoms with Crippen LogP contribution in [0.5, 0.6) is 0 Å². The van der Waals surface area contributed by atoms with Crippen LogP contribution in [0, 0.1) is 10.1 Å². The zero-order chi connectivity index (χ0) is 19.8. The van der Waals surface area contributed by atoms with Crippen LogP contribution in [-0.2, 0) is 9.53 Å². The molecule has 27 heavy (non-hydrogen) atoms. The van der Waals surface area contributed by atoms with E-state index in [1.54, 1.807) is 24.3 Å². The quantitative estimate of drug-likeness (QED) is 0.328. The van der Waals surface area contributed by atoms with Gasteiger partial charge in [-0.3, -0.25) is 14.9 Å². The summed E-state index contributed by atoms with van der Waals surface area (Å²) in [7, 11) is 0. The molecule has 0 aromatic heterocycles. The first-order chi connectivity index (χ1) is 12.9. The lowest BCUT2D eigenvalue weighted by Gasteiger charge is -2.11. The van der Waals surface area contributed by atoms with Crippen LogP contribution in [0.15, 0.2) is 46.9 Å². The first kappa shape index (κ1) is 20.3. The minimum atomic E-state index is -0.900. The molecule has 2 aromatic carbocycles. The first-order valence-corrected chi connectivity index (χ1v) is 8.55. The van der Waals surface area contributed by atoms with Gasteiger partial charge in [-0.15, -0.1) is 0 Å². The molecule has 142 valence electrons. The summed E-state index contributed by atoms with van der Waals surface area (Å²) in [4.78, 5) is 34.5. The van der Waals surface area contributed by atoms with E-state index < -0.39 is 23.4 Å². The van der Waals surface area contributed by atoms with Gasteiger partial charge in [0.1, 0.15) is 0 Å². The molecule has 0 aliphatic carbocycles. The van der Waals surface area contributed by atoms with Crippen LogP contribution >= 0.6 is 15.9 Å². The van der Waals surface area contributed by atoms with Crippen LogP contribution in [0.1, 0.15) is 10.4 Å². The topological polar surface area (TPSA) is 131 Å². The number of esters is 1. The van der Waals surface area contributed by atoms with E-state index in [1.165, 1.54) is 12.1 Å². The van der Waals surface area contributed by atoms with Gasteiger partial charge in [0.15, 0.2) is 6.61 Å². The summed E-state index contributed by atoms with van der Waals surface area (Å²) >= 11 is 3.28. The average molecular weight is 438 g/mol.